The summed E-state index contributed by atoms with van der Waals surface area (Å²) >= 11 is 5.63. The molecule has 0 fully saturated rings. The van der Waals surface area contributed by atoms with E-state index in [2.05, 4.69) is 24.8 Å². The normalized spacial score (nSPS) is 24.1. The topological polar surface area (TPSA) is 0 Å². The number of hydrogen-bond acceptors (Lipinski definition) is 0. The van der Waals surface area contributed by atoms with E-state index in [1.54, 1.807) is 0 Å². The maximum absolute atomic E-state index is 5.63. The maximum Gasteiger partial charge on any atom is 0.0470 e. The molecule has 0 unspecified atom stereocenters. The van der Waals surface area contributed by atoms with Crippen molar-refractivity contribution in [2.45, 2.75) is 6.42 Å². The lowest BCUT2D eigenvalue weighted by molar-refractivity contribution is 0.816. The molecule has 0 aromatic rings. The summed E-state index contributed by atoms with van der Waals surface area (Å²) in [6.07, 6.45) is 9.40. The molecule has 1 atom stereocenters. The maximum atomic E-state index is 5.63. The van der Waals surface area contributed by atoms with Crippen molar-refractivity contribution in [1.82, 2.24) is 0 Å². The average molecular weight is 155 g/mol. The zero-order chi connectivity index (χ0) is 7.40. The molecule has 0 saturated heterocycles. The van der Waals surface area contributed by atoms with E-state index in [0.717, 1.165) is 6.42 Å². The molecule has 0 spiro atoms. The first-order valence-corrected chi connectivity index (χ1v) is 3.96. The minimum atomic E-state index is 0.520. The third kappa shape index (κ3) is 1.74. The first kappa shape index (κ1) is 7.62. The third-order valence-electron chi connectivity index (χ3n) is 1.67. The molecule has 0 N–H and O–H groups in total. The van der Waals surface area contributed by atoms with E-state index in [1.165, 1.54) is 5.57 Å². The number of allylic oxidation sites excluding steroid dienone is 5. The van der Waals surface area contributed by atoms with Gasteiger partial charge in [-0.2, -0.15) is 0 Å². The first-order valence-electron chi connectivity index (χ1n) is 3.42. The van der Waals surface area contributed by atoms with Crippen LogP contribution in [0.2, 0.25) is 0 Å². The zero-order valence-electron chi connectivity index (χ0n) is 5.89. The molecule has 0 aromatic heterocycles. The summed E-state index contributed by atoms with van der Waals surface area (Å²) in [5.41, 5.74) is 1.22. The summed E-state index contributed by atoms with van der Waals surface area (Å²) in [5, 5.41) is 0. The van der Waals surface area contributed by atoms with Gasteiger partial charge in [0.05, 0.1) is 0 Å². The third-order valence-corrected chi connectivity index (χ3v) is 1.98. The number of halogens is 1. The predicted molar refractivity (Wildman–Crippen MR) is 46.2 cm³/mol. The van der Waals surface area contributed by atoms with Gasteiger partial charge in [-0.25, -0.2) is 0 Å². The molecule has 0 heterocycles. The molecule has 1 heteroatoms. The molecule has 0 aliphatic heterocycles. The molecule has 0 radical (unpaired) electrons. The second kappa shape index (κ2) is 3.62. The van der Waals surface area contributed by atoms with Crippen LogP contribution in [-0.2, 0) is 0 Å². The Bertz CT molecular complexity index is 177. The van der Waals surface area contributed by atoms with Crippen LogP contribution in [0.25, 0.3) is 0 Å². The first-order chi connectivity index (χ1) is 4.86. The van der Waals surface area contributed by atoms with Crippen LogP contribution in [0.1, 0.15) is 6.42 Å². The number of alkyl halides is 1. The van der Waals surface area contributed by atoms with Gasteiger partial charge in [-0.3, -0.25) is 0 Å². The van der Waals surface area contributed by atoms with E-state index < -0.39 is 0 Å². The molecule has 0 amide bonds. The summed E-state index contributed by atoms with van der Waals surface area (Å²) in [7, 11) is 0. The fraction of sp³-hybridized carbons (Fsp3) is 0.333. The molecule has 0 saturated carbocycles. The Labute approximate surface area is 66.9 Å². The lowest BCUT2D eigenvalue weighted by atomic mass is 9.98. The minimum absolute atomic E-state index is 0.520. The van der Waals surface area contributed by atoms with Crippen LogP contribution in [0.15, 0.2) is 36.5 Å². The van der Waals surface area contributed by atoms with E-state index in [0.29, 0.717) is 11.8 Å². The second-order valence-corrected chi connectivity index (χ2v) is 2.67. The van der Waals surface area contributed by atoms with Crippen LogP contribution < -0.4 is 0 Å². The Morgan fingerprint density at radius 1 is 1.80 bits per heavy atom. The second-order valence-electron chi connectivity index (χ2n) is 2.41. The molecule has 54 valence electrons. The Balaban J connectivity index is 2.54. The Morgan fingerprint density at radius 2 is 2.60 bits per heavy atom. The van der Waals surface area contributed by atoms with Crippen LogP contribution in [0, 0.1) is 5.92 Å². The molecule has 0 aromatic carbocycles. The fourth-order valence-corrected chi connectivity index (χ4v) is 1.15. The molecular formula is C9H11Cl. The van der Waals surface area contributed by atoms with E-state index in [4.69, 9.17) is 11.6 Å². The highest BCUT2D eigenvalue weighted by Crippen LogP contribution is 2.17. The smallest absolute Gasteiger partial charge is 0.0470 e. The summed E-state index contributed by atoms with van der Waals surface area (Å²) in [4.78, 5) is 0. The predicted octanol–water partition coefficient (Wildman–Crippen LogP) is 2.91. The van der Waals surface area contributed by atoms with E-state index >= 15 is 0 Å². The Kier molecular flexibility index (Phi) is 2.76. The molecule has 10 heavy (non-hydrogen) atoms. The van der Waals surface area contributed by atoms with Gasteiger partial charge in [0.25, 0.3) is 0 Å². The minimum Gasteiger partial charge on any atom is -0.122 e. The van der Waals surface area contributed by atoms with Gasteiger partial charge in [0.15, 0.2) is 0 Å². The van der Waals surface area contributed by atoms with Crippen LogP contribution in [0.5, 0.6) is 0 Å². The van der Waals surface area contributed by atoms with Crippen molar-refractivity contribution in [1.29, 1.82) is 0 Å². The van der Waals surface area contributed by atoms with Crippen LogP contribution in [0.4, 0.5) is 0 Å². The molecule has 1 aliphatic rings. The largest absolute Gasteiger partial charge is 0.122 e. The van der Waals surface area contributed by atoms with Gasteiger partial charge in [-0.1, -0.05) is 24.3 Å². The van der Waals surface area contributed by atoms with E-state index in [9.17, 15) is 0 Å². The standard InChI is InChI=1S/C9H11Cl/c1-2-8-3-5-9(7-10)6-4-8/h2-3,5-6,8H,1,4,7H2/t8-/m1/s1. The number of rotatable bonds is 2. The van der Waals surface area contributed by atoms with Crippen molar-refractivity contribution in [3.63, 3.8) is 0 Å². The lowest BCUT2D eigenvalue weighted by Gasteiger charge is -2.09. The van der Waals surface area contributed by atoms with Gasteiger partial charge in [0, 0.05) is 5.88 Å². The monoisotopic (exact) mass is 154 g/mol. The fourth-order valence-electron chi connectivity index (χ4n) is 0.955. The number of hydrogen-bond donors (Lipinski definition) is 0. The average Bonchev–Trinajstić information content (AvgIpc) is 2.05. The summed E-state index contributed by atoms with van der Waals surface area (Å²) in [6, 6.07) is 0. The van der Waals surface area contributed by atoms with Crippen LogP contribution in [-0.4, -0.2) is 5.88 Å². The van der Waals surface area contributed by atoms with Crippen molar-refractivity contribution in [2.24, 2.45) is 5.92 Å². The molecular weight excluding hydrogens is 144 g/mol. The van der Waals surface area contributed by atoms with Gasteiger partial charge in [-0.05, 0) is 17.9 Å². The molecule has 1 rings (SSSR count). The summed E-state index contributed by atoms with van der Waals surface area (Å²) in [5.74, 6) is 1.15. The van der Waals surface area contributed by atoms with Gasteiger partial charge in [0.2, 0.25) is 0 Å². The van der Waals surface area contributed by atoms with Gasteiger partial charge < -0.3 is 0 Å². The Hall–Kier alpha value is -0.490. The zero-order valence-corrected chi connectivity index (χ0v) is 6.64. The lowest BCUT2D eigenvalue weighted by Crippen LogP contribution is -1.95. The molecule has 0 nitrogen and oxygen atoms in total. The Morgan fingerprint density at radius 3 is 3.00 bits per heavy atom. The quantitative estimate of drug-likeness (QED) is 0.424. The van der Waals surface area contributed by atoms with Gasteiger partial charge >= 0.3 is 0 Å². The summed E-state index contributed by atoms with van der Waals surface area (Å²) < 4.78 is 0. The molecule has 0 bridgehead atoms. The SMILES string of the molecule is C=C[C@@H]1C=CC(CCl)=CC1. The van der Waals surface area contributed by atoms with Crippen LogP contribution >= 0.6 is 11.6 Å². The van der Waals surface area contributed by atoms with Crippen molar-refractivity contribution in [3.8, 4) is 0 Å². The van der Waals surface area contributed by atoms with E-state index in [1.807, 2.05) is 6.08 Å². The van der Waals surface area contributed by atoms with Crippen LogP contribution in [0.3, 0.4) is 0 Å². The van der Waals surface area contributed by atoms with Crippen molar-refractivity contribution in [2.75, 3.05) is 5.88 Å². The van der Waals surface area contributed by atoms with Crippen molar-refractivity contribution in [3.05, 3.63) is 36.5 Å². The highest BCUT2D eigenvalue weighted by Gasteiger charge is 2.02. The van der Waals surface area contributed by atoms with Gasteiger partial charge in [-0.15, -0.1) is 18.2 Å². The highest BCUT2D eigenvalue weighted by atomic mass is 35.5. The highest BCUT2D eigenvalue weighted by molar-refractivity contribution is 6.19. The van der Waals surface area contributed by atoms with Gasteiger partial charge in [0.1, 0.15) is 0 Å². The van der Waals surface area contributed by atoms with Crippen molar-refractivity contribution < 1.29 is 0 Å². The van der Waals surface area contributed by atoms with E-state index in [-0.39, 0.29) is 0 Å². The van der Waals surface area contributed by atoms with Crippen molar-refractivity contribution >= 4 is 11.6 Å². The molecule has 1 aliphatic carbocycles. The summed E-state index contributed by atoms with van der Waals surface area (Å²) in [6.45, 7) is 3.72.